The van der Waals surface area contributed by atoms with Crippen LogP contribution in [0.1, 0.15) is 12.8 Å². The second kappa shape index (κ2) is 7.35. The molecule has 0 bridgehead atoms. The molecule has 2 aromatic heterocycles. The normalized spacial score (nSPS) is 17.4. The van der Waals surface area contributed by atoms with Crippen molar-refractivity contribution in [1.29, 1.82) is 0 Å². The molecule has 130 valence electrons. The molecule has 5 nitrogen and oxygen atoms in total. The Morgan fingerprint density at radius 3 is 3.08 bits per heavy atom. The van der Waals surface area contributed by atoms with Gasteiger partial charge in [-0.15, -0.1) is 10.2 Å². The molecule has 0 saturated carbocycles. The fraction of sp³-hybridized carbons (Fsp3) is 0.333. The largest absolute Gasteiger partial charge is 0.376 e. The lowest BCUT2D eigenvalue weighted by Crippen LogP contribution is -2.16. The van der Waals surface area contributed by atoms with E-state index < -0.39 is 0 Å². The number of benzene rings is 1. The Kier molecular flexibility index (Phi) is 4.96. The number of halogens is 1. The highest BCUT2D eigenvalue weighted by Gasteiger charge is 2.23. The Labute approximate surface area is 159 Å². The highest BCUT2D eigenvalue weighted by atomic mass is 79.9. The molecule has 1 unspecified atom stereocenters. The van der Waals surface area contributed by atoms with Crippen molar-refractivity contribution in [3.8, 4) is 11.4 Å². The average Bonchev–Trinajstić information content (AvgIpc) is 3.33. The van der Waals surface area contributed by atoms with Crippen LogP contribution in [0.4, 0.5) is 0 Å². The molecule has 1 aliphatic heterocycles. The summed E-state index contributed by atoms with van der Waals surface area (Å²) in [5, 5.41) is 11.0. The van der Waals surface area contributed by atoms with Gasteiger partial charge in [0.15, 0.2) is 11.0 Å². The first-order chi connectivity index (χ1) is 12.2. The minimum absolute atomic E-state index is 0.228. The summed E-state index contributed by atoms with van der Waals surface area (Å²) < 4.78 is 8.98. The van der Waals surface area contributed by atoms with Crippen molar-refractivity contribution in [3.63, 3.8) is 0 Å². The van der Waals surface area contributed by atoms with Gasteiger partial charge < -0.3 is 9.72 Å². The average molecular weight is 419 g/mol. The van der Waals surface area contributed by atoms with Crippen molar-refractivity contribution < 1.29 is 4.74 Å². The standard InChI is InChI=1S/C18H19BrN4OS/c1-12(19)11-25-18-22-21-17(23(18)10-13-5-4-8-24-13)15-9-20-16-7-3-2-6-14(15)16/h2-3,6-7,9,13,20H,1,4-5,8,10-11H2. The van der Waals surface area contributed by atoms with Gasteiger partial charge in [0.1, 0.15) is 0 Å². The lowest BCUT2D eigenvalue weighted by molar-refractivity contribution is 0.0953. The molecule has 1 aliphatic rings. The molecule has 1 fully saturated rings. The van der Waals surface area contributed by atoms with Crippen molar-refractivity contribution in [2.45, 2.75) is 30.6 Å². The zero-order valence-corrected chi connectivity index (χ0v) is 16.1. The van der Waals surface area contributed by atoms with Crippen molar-refractivity contribution in [1.82, 2.24) is 19.7 Å². The molecule has 0 spiro atoms. The van der Waals surface area contributed by atoms with E-state index in [1.807, 2.05) is 18.3 Å². The molecule has 0 aliphatic carbocycles. The monoisotopic (exact) mass is 418 g/mol. The minimum atomic E-state index is 0.228. The van der Waals surface area contributed by atoms with Gasteiger partial charge in [0.25, 0.3) is 0 Å². The molecule has 4 rings (SSSR count). The van der Waals surface area contributed by atoms with Gasteiger partial charge in [-0.25, -0.2) is 0 Å². The third-order valence-corrected chi connectivity index (χ3v) is 6.02. The summed E-state index contributed by atoms with van der Waals surface area (Å²) >= 11 is 5.06. The number of rotatable bonds is 6. The van der Waals surface area contributed by atoms with Crippen LogP contribution in [0, 0.1) is 0 Å². The lowest BCUT2D eigenvalue weighted by atomic mass is 10.1. The van der Waals surface area contributed by atoms with E-state index in [2.05, 4.69) is 54.4 Å². The summed E-state index contributed by atoms with van der Waals surface area (Å²) in [7, 11) is 0. The predicted octanol–water partition coefficient (Wildman–Crippen LogP) is 4.61. The third kappa shape index (κ3) is 3.54. The SMILES string of the molecule is C=C(Br)CSc1nnc(-c2c[nH]c3ccccc23)n1CC1CCCO1. The summed E-state index contributed by atoms with van der Waals surface area (Å²) in [5.74, 6) is 1.65. The first-order valence-electron chi connectivity index (χ1n) is 8.30. The number of ether oxygens (including phenoxy) is 1. The van der Waals surface area contributed by atoms with Crippen LogP contribution in [-0.2, 0) is 11.3 Å². The van der Waals surface area contributed by atoms with E-state index in [-0.39, 0.29) is 6.10 Å². The van der Waals surface area contributed by atoms with Gasteiger partial charge in [-0.1, -0.05) is 52.5 Å². The molecule has 1 atom stereocenters. The fourth-order valence-electron chi connectivity index (χ4n) is 3.15. The second-order valence-electron chi connectivity index (χ2n) is 6.11. The number of hydrogen-bond donors (Lipinski definition) is 1. The molecule has 7 heteroatoms. The minimum Gasteiger partial charge on any atom is -0.376 e. The van der Waals surface area contributed by atoms with Gasteiger partial charge in [-0.3, -0.25) is 4.57 Å². The molecule has 1 aromatic carbocycles. The van der Waals surface area contributed by atoms with Crippen LogP contribution in [0.5, 0.6) is 0 Å². The van der Waals surface area contributed by atoms with Crippen molar-refractivity contribution in [2.75, 3.05) is 12.4 Å². The Morgan fingerprint density at radius 1 is 1.40 bits per heavy atom. The number of hydrogen-bond acceptors (Lipinski definition) is 4. The number of aromatic nitrogens is 4. The van der Waals surface area contributed by atoms with Crippen LogP contribution in [0.2, 0.25) is 0 Å². The van der Waals surface area contributed by atoms with Crippen LogP contribution in [0.15, 0.2) is 46.7 Å². The molecule has 0 amide bonds. The van der Waals surface area contributed by atoms with E-state index in [1.165, 1.54) is 0 Å². The lowest BCUT2D eigenvalue weighted by Gasteiger charge is -2.14. The molecule has 1 saturated heterocycles. The van der Waals surface area contributed by atoms with Gasteiger partial charge in [-0.2, -0.15) is 0 Å². The van der Waals surface area contributed by atoms with Gasteiger partial charge >= 0.3 is 0 Å². The number of thioether (sulfide) groups is 1. The summed E-state index contributed by atoms with van der Waals surface area (Å²) in [5.41, 5.74) is 2.18. The first kappa shape index (κ1) is 16.9. The Hall–Kier alpha value is -1.57. The maximum atomic E-state index is 5.85. The number of nitrogens with one attached hydrogen (secondary N) is 1. The topological polar surface area (TPSA) is 55.7 Å². The molecule has 3 heterocycles. The number of aromatic amines is 1. The Bertz CT molecular complexity index is 898. The van der Waals surface area contributed by atoms with E-state index in [0.717, 1.165) is 63.7 Å². The zero-order chi connectivity index (χ0) is 17.2. The maximum Gasteiger partial charge on any atom is 0.191 e. The quantitative estimate of drug-likeness (QED) is 0.593. The highest BCUT2D eigenvalue weighted by Crippen LogP contribution is 2.31. The maximum absolute atomic E-state index is 5.85. The molecule has 0 radical (unpaired) electrons. The van der Waals surface area contributed by atoms with Crippen LogP contribution in [0.3, 0.4) is 0 Å². The summed E-state index contributed by atoms with van der Waals surface area (Å²) in [6.45, 7) is 5.53. The zero-order valence-electron chi connectivity index (χ0n) is 13.7. The van der Waals surface area contributed by atoms with E-state index in [4.69, 9.17) is 4.74 Å². The molecule has 1 N–H and O–H groups in total. The fourth-order valence-corrected chi connectivity index (χ4v) is 4.20. The number of fused-ring (bicyclic) bond motifs is 1. The van der Waals surface area contributed by atoms with E-state index in [0.29, 0.717) is 0 Å². The smallest absolute Gasteiger partial charge is 0.191 e. The number of para-hydroxylation sites is 1. The molecular formula is C18H19BrN4OS. The van der Waals surface area contributed by atoms with Crippen LogP contribution >= 0.6 is 27.7 Å². The second-order valence-corrected chi connectivity index (χ2v) is 8.17. The predicted molar refractivity (Wildman–Crippen MR) is 105 cm³/mol. The van der Waals surface area contributed by atoms with Gasteiger partial charge in [0.2, 0.25) is 0 Å². The summed E-state index contributed by atoms with van der Waals surface area (Å²) in [6, 6.07) is 8.26. The molecule has 3 aromatic rings. The van der Waals surface area contributed by atoms with Gasteiger partial charge in [0.05, 0.1) is 12.6 Å². The van der Waals surface area contributed by atoms with Gasteiger partial charge in [-0.05, 0) is 23.4 Å². The number of nitrogens with zero attached hydrogens (tertiary/aromatic N) is 3. The van der Waals surface area contributed by atoms with Crippen molar-refractivity contribution >= 4 is 38.6 Å². The Balaban J connectivity index is 1.74. The van der Waals surface area contributed by atoms with E-state index in [9.17, 15) is 0 Å². The van der Waals surface area contributed by atoms with Crippen molar-refractivity contribution in [2.24, 2.45) is 0 Å². The summed E-state index contributed by atoms with van der Waals surface area (Å²) in [6.07, 6.45) is 4.45. The highest BCUT2D eigenvalue weighted by molar-refractivity contribution is 9.11. The Morgan fingerprint density at radius 2 is 2.28 bits per heavy atom. The van der Waals surface area contributed by atoms with Crippen molar-refractivity contribution in [3.05, 3.63) is 41.5 Å². The summed E-state index contributed by atoms with van der Waals surface area (Å²) in [4.78, 5) is 3.33. The van der Waals surface area contributed by atoms with E-state index >= 15 is 0 Å². The van der Waals surface area contributed by atoms with Crippen LogP contribution < -0.4 is 0 Å². The first-order valence-corrected chi connectivity index (χ1v) is 10.1. The van der Waals surface area contributed by atoms with Crippen LogP contribution in [0.25, 0.3) is 22.3 Å². The number of H-pyrrole nitrogens is 1. The van der Waals surface area contributed by atoms with Crippen LogP contribution in [-0.4, -0.2) is 38.2 Å². The van der Waals surface area contributed by atoms with Gasteiger partial charge in [0, 0.05) is 35.0 Å². The third-order valence-electron chi connectivity index (χ3n) is 4.32. The molecule has 25 heavy (non-hydrogen) atoms. The van der Waals surface area contributed by atoms with E-state index in [1.54, 1.807) is 11.8 Å². The molecular weight excluding hydrogens is 400 g/mol.